The van der Waals surface area contributed by atoms with Gasteiger partial charge in [-0.05, 0) is 0 Å². The first-order valence-electron chi connectivity index (χ1n) is 3.80. The topological polar surface area (TPSA) is 136 Å². The van der Waals surface area contributed by atoms with Gasteiger partial charge in [0.2, 0.25) is 15.9 Å². The molecule has 0 saturated heterocycles. The number of rotatable bonds is 6. The third kappa shape index (κ3) is 5.99. The van der Waals surface area contributed by atoms with E-state index in [2.05, 4.69) is 10.5 Å². The number of amides is 1. The van der Waals surface area contributed by atoms with Crippen molar-refractivity contribution in [3.8, 4) is 0 Å². The number of nitrogens with two attached hydrogens (primary N) is 1. The van der Waals surface area contributed by atoms with Gasteiger partial charge in [-0.1, -0.05) is 0 Å². The first kappa shape index (κ1) is 13.8. The second kappa shape index (κ2) is 5.63. The fraction of sp³-hybridized carbons (Fsp3) is 0.667. The molecule has 0 spiro atoms. The molecule has 8 nitrogen and oxygen atoms in total. The summed E-state index contributed by atoms with van der Waals surface area (Å²) in [6.45, 7) is -0.575. The molecule has 9 heteroatoms. The van der Waals surface area contributed by atoms with Gasteiger partial charge in [-0.15, -0.1) is 0 Å². The Balaban J connectivity index is 4.17. The van der Waals surface area contributed by atoms with E-state index in [9.17, 15) is 18.0 Å². The third-order valence-electron chi connectivity index (χ3n) is 1.36. The molecule has 0 aliphatic carbocycles. The Morgan fingerprint density at radius 2 is 2.07 bits per heavy atom. The van der Waals surface area contributed by atoms with Gasteiger partial charge in [-0.3, -0.25) is 9.59 Å². The van der Waals surface area contributed by atoms with Gasteiger partial charge in [0.25, 0.3) is 0 Å². The second-order valence-corrected chi connectivity index (χ2v) is 4.41. The first-order valence-corrected chi connectivity index (χ1v) is 5.45. The lowest BCUT2D eigenvalue weighted by Crippen LogP contribution is -2.41. The molecule has 0 rings (SSSR count). The molecule has 15 heavy (non-hydrogen) atoms. The molecule has 0 saturated carbocycles. The highest BCUT2D eigenvalue weighted by atomic mass is 32.2. The molecule has 1 amide bonds. The zero-order valence-corrected chi connectivity index (χ0v) is 8.78. The molecule has 0 aromatic carbocycles. The summed E-state index contributed by atoms with van der Waals surface area (Å²) in [5, 5.41) is 8.86. The Morgan fingerprint density at radius 3 is 2.47 bits per heavy atom. The van der Waals surface area contributed by atoms with Crippen LogP contribution in [0.2, 0.25) is 0 Å². The van der Waals surface area contributed by atoms with E-state index in [0.29, 0.717) is 0 Å². The summed E-state index contributed by atoms with van der Waals surface area (Å²) in [5.41, 5.74) is 4.68. The maximum absolute atomic E-state index is 11.1. The van der Waals surface area contributed by atoms with Crippen LogP contribution in [-0.2, 0) is 24.3 Å². The van der Waals surface area contributed by atoms with Gasteiger partial charge < -0.3 is 15.6 Å². The molecule has 4 N–H and O–H groups in total. The Hall–Kier alpha value is -1.19. The smallest absolute Gasteiger partial charge is 0.322 e. The number of aliphatic hydroxyl groups excluding tert-OH is 1. The summed E-state index contributed by atoms with van der Waals surface area (Å²) < 4.78 is 28.1. The molecule has 0 radical (unpaired) electrons. The summed E-state index contributed by atoms with van der Waals surface area (Å²) in [5.74, 6) is -2.89. The lowest BCUT2D eigenvalue weighted by molar-refractivity contribution is -0.137. The zero-order chi connectivity index (χ0) is 12.1. The van der Waals surface area contributed by atoms with Crippen molar-refractivity contribution in [2.24, 2.45) is 5.73 Å². The molecular weight excluding hydrogens is 228 g/mol. The average Bonchev–Trinajstić information content (AvgIpc) is 2.13. The number of sulfonamides is 1. The van der Waals surface area contributed by atoms with Crippen LogP contribution in [0.4, 0.5) is 0 Å². The van der Waals surface area contributed by atoms with Crippen LogP contribution >= 0.6 is 0 Å². The van der Waals surface area contributed by atoms with Crippen molar-refractivity contribution in [1.82, 2.24) is 4.72 Å². The van der Waals surface area contributed by atoms with Gasteiger partial charge in [0.1, 0.15) is 6.10 Å². The van der Waals surface area contributed by atoms with Crippen LogP contribution in [0.1, 0.15) is 0 Å². The van der Waals surface area contributed by atoms with Crippen LogP contribution in [0.15, 0.2) is 0 Å². The molecule has 0 fully saturated rings. The molecule has 0 aliphatic heterocycles. The molecule has 0 aromatic rings. The minimum Gasteiger partial charge on any atom is -0.468 e. The Labute approximate surface area is 86.4 Å². The van der Waals surface area contributed by atoms with Crippen molar-refractivity contribution in [2.75, 3.05) is 19.4 Å². The summed E-state index contributed by atoms with van der Waals surface area (Å²) in [6.07, 6.45) is -1.63. The zero-order valence-electron chi connectivity index (χ0n) is 7.97. The lowest BCUT2D eigenvalue weighted by atomic mass is 10.3. The number of carbonyl (C=O) groups excluding carboxylic acids is 2. The van der Waals surface area contributed by atoms with Crippen LogP contribution < -0.4 is 10.5 Å². The van der Waals surface area contributed by atoms with Gasteiger partial charge in [-0.2, -0.15) is 0 Å². The monoisotopic (exact) mass is 240 g/mol. The van der Waals surface area contributed by atoms with Crippen molar-refractivity contribution in [2.45, 2.75) is 6.10 Å². The number of nitrogens with one attached hydrogen (secondary N) is 1. The van der Waals surface area contributed by atoms with Gasteiger partial charge in [0.05, 0.1) is 7.11 Å². The minimum absolute atomic E-state index is 0.575. The SMILES string of the molecule is COC(=O)CS(=O)(=O)NCC(O)C(N)=O. The maximum Gasteiger partial charge on any atom is 0.322 e. The van der Waals surface area contributed by atoms with E-state index in [1.165, 1.54) is 0 Å². The van der Waals surface area contributed by atoms with Crippen molar-refractivity contribution in [1.29, 1.82) is 0 Å². The summed E-state index contributed by atoms with van der Waals surface area (Å²) in [7, 11) is -2.88. The second-order valence-electron chi connectivity index (χ2n) is 2.60. The Bertz CT molecular complexity index is 338. The van der Waals surface area contributed by atoms with Crippen molar-refractivity contribution < 1.29 is 27.9 Å². The highest BCUT2D eigenvalue weighted by Crippen LogP contribution is 1.88. The highest BCUT2D eigenvalue weighted by molar-refractivity contribution is 7.90. The molecule has 0 aliphatic rings. The molecule has 1 unspecified atom stereocenters. The van der Waals surface area contributed by atoms with Crippen LogP contribution in [0.5, 0.6) is 0 Å². The number of hydrogen-bond acceptors (Lipinski definition) is 6. The fourth-order valence-corrected chi connectivity index (χ4v) is 1.51. The number of ether oxygens (including phenoxy) is 1. The molecule has 0 bridgehead atoms. The summed E-state index contributed by atoms with van der Waals surface area (Å²) in [6, 6.07) is 0. The first-order chi connectivity index (χ1) is 6.78. The summed E-state index contributed by atoms with van der Waals surface area (Å²) in [4.78, 5) is 21.0. The standard InChI is InChI=1S/C6H12N2O6S/c1-14-5(10)3-15(12,13)8-2-4(9)6(7)11/h4,8-9H,2-3H2,1H3,(H2,7,11). The molecular formula is C6H12N2O6S. The lowest BCUT2D eigenvalue weighted by Gasteiger charge is -2.08. The van der Waals surface area contributed by atoms with E-state index in [1.54, 1.807) is 0 Å². The van der Waals surface area contributed by atoms with Gasteiger partial charge in [0.15, 0.2) is 5.75 Å². The van der Waals surface area contributed by atoms with Gasteiger partial charge in [0, 0.05) is 6.54 Å². The van der Waals surface area contributed by atoms with Crippen molar-refractivity contribution >= 4 is 21.9 Å². The number of primary amides is 1. The molecule has 0 aromatic heterocycles. The van der Waals surface area contributed by atoms with Crippen LogP contribution in [0.3, 0.4) is 0 Å². The van der Waals surface area contributed by atoms with Gasteiger partial charge in [-0.25, -0.2) is 13.1 Å². The number of methoxy groups -OCH3 is 1. The van der Waals surface area contributed by atoms with E-state index in [0.717, 1.165) is 7.11 Å². The quantitative estimate of drug-likeness (QED) is 0.421. The number of esters is 1. The predicted molar refractivity (Wildman–Crippen MR) is 49.0 cm³/mol. The van der Waals surface area contributed by atoms with E-state index >= 15 is 0 Å². The number of aliphatic hydroxyl groups is 1. The largest absolute Gasteiger partial charge is 0.468 e. The molecule has 0 heterocycles. The van der Waals surface area contributed by atoms with E-state index in [-0.39, 0.29) is 0 Å². The Kier molecular flexibility index (Phi) is 5.19. The van der Waals surface area contributed by atoms with Crippen LogP contribution in [-0.4, -0.2) is 50.9 Å². The van der Waals surface area contributed by atoms with Crippen LogP contribution in [0, 0.1) is 0 Å². The van der Waals surface area contributed by atoms with E-state index < -0.39 is 40.3 Å². The highest BCUT2D eigenvalue weighted by Gasteiger charge is 2.19. The van der Waals surface area contributed by atoms with Crippen molar-refractivity contribution in [3.63, 3.8) is 0 Å². The van der Waals surface area contributed by atoms with Crippen molar-refractivity contribution in [3.05, 3.63) is 0 Å². The minimum atomic E-state index is -3.91. The molecule has 88 valence electrons. The predicted octanol–water partition coefficient (Wildman–Crippen LogP) is -3.07. The number of hydrogen-bond donors (Lipinski definition) is 3. The van der Waals surface area contributed by atoms with Gasteiger partial charge >= 0.3 is 5.97 Å². The van der Waals surface area contributed by atoms with E-state index in [4.69, 9.17) is 5.11 Å². The Morgan fingerprint density at radius 1 is 1.53 bits per heavy atom. The molecule has 1 atom stereocenters. The maximum atomic E-state index is 11.1. The third-order valence-corrected chi connectivity index (χ3v) is 2.58. The summed E-state index contributed by atoms with van der Waals surface area (Å²) >= 11 is 0. The number of carbonyl (C=O) groups is 2. The normalized spacial score (nSPS) is 13.2. The van der Waals surface area contributed by atoms with E-state index in [1.807, 2.05) is 4.72 Å². The average molecular weight is 240 g/mol. The van der Waals surface area contributed by atoms with Crippen LogP contribution in [0.25, 0.3) is 0 Å². The fourth-order valence-electron chi connectivity index (χ4n) is 0.572.